The maximum absolute atomic E-state index is 13.7. The van der Waals surface area contributed by atoms with E-state index in [2.05, 4.69) is 5.32 Å². The summed E-state index contributed by atoms with van der Waals surface area (Å²) in [5, 5.41) is 23.0. The molecule has 0 aliphatic carbocycles. The number of ether oxygens (including phenoxy) is 2. The number of nitrogens with one attached hydrogen (secondary N) is 1. The predicted octanol–water partition coefficient (Wildman–Crippen LogP) is 3.51. The molecule has 0 atom stereocenters. The van der Waals surface area contributed by atoms with Gasteiger partial charge in [0.25, 0.3) is 15.7 Å². The molecule has 12 heteroatoms. The molecule has 0 heterocycles. The largest absolute Gasteiger partial charge is 0.497 e. The maximum Gasteiger partial charge on any atom is 0.289 e. The molecule has 0 aliphatic heterocycles. The summed E-state index contributed by atoms with van der Waals surface area (Å²) in [6.45, 7) is -0.711. The lowest BCUT2D eigenvalue weighted by Crippen LogP contribution is -2.38. The molecule has 36 heavy (non-hydrogen) atoms. The quantitative estimate of drug-likeness (QED) is 0.321. The number of amides is 1. The fourth-order valence-corrected chi connectivity index (χ4v) is 4.96. The van der Waals surface area contributed by atoms with E-state index < -0.39 is 38.0 Å². The van der Waals surface area contributed by atoms with E-state index in [0.717, 1.165) is 22.0 Å². The standard InChI is InChI=1S/C24H22N4O7S/c1-34-19-11-12-20(22(15-19)35-2)27(36(32,33)23-6-4-3-5-21(23)28(30)31)16-24(29)26-18-9-7-17(8-10-18)13-14-25/h3-12,15H,13,16H2,1-2H3,(H,26,29). The highest BCUT2D eigenvalue weighted by Crippen LogP contribution is 2.37. The Labute approximate surface area is 207 Å². The lowest BCUT2D eigenvalue weighted by molar-refractivity contribution is -0.387. The number of carbonyl (C=O) groups is 1. The summed E-state index contributed by atoms with van der Waals surface area (Å²) in [7, 11) is -1.87. The summed E-state index contributed by atoms with van der Waals surface area (Å²) in [5.41, 5.74) is 0.477. The van der Waals surface area contributed by atoms with E-state index in [1.54, 1.807) is 24.3 Å². The number of sulfonamides is 1. The van der Waals surface area contributed by atoms with Gasteiger partial charge in [-0.2, -0.15) is 5.26 Å². The van der Waals surface area contributed by atoms with Gasteiger partial charge in [-0.3, -0.25) is 19.2 Å². The Hall–Kier alpha value is -4.63. The Morgan fingerprint density at radius 2 is 1.78 bits per heavy atom. The minimum absolute atomic E-state index is 0.0176. The van der Waals surface area contributed by atoms with E-state index in [1.165, 1.54) is 44.6 Å². The first-order valence-corrected chi connectivity index (χ1v) is 11.9. The number of nitriles is 1. The van der Waals surface area contributed by atoms with Crippen LogP contribution in [0.3, 0.4) is 0 Å². The van der Waals surface area contributed by atoms with Crippen molar-refractivity contribution in [3.63, 3.8) is 0 Å². The molecule has 0 aromatic heterocycles. The second-order valence-corrected chi connectivity index (χ2v) is 9.19. The first-order chi connectivity index (χ1) is 17.2. The Morgan fingerprint density at radius 3 is 2.39 bits per heavy atom. The molecule has 3 rings (SSSR count). The van der Waals surface area contributed by atoms with Crippen LogP contribution < -0.4 is 19.1 Å². The van der Waals surface area contributed by atoms with E-state index in [0.29, 0.717) is 11.4 Å². The van der Waals surface area contributed by atoms with Gasteiger partial charge >= 0.3 is 0 Å². The zero-order chi connectivity index (χ0) is 26.3. The van der Waals surface area contributed by atoms with Crippen molar-refractivity contribution in [2.24, 2.45) is 0 Å². The minimum atomic E-state index is -4.61. The van der Waals surface area contributed by atoms with Crippen molar-refractivity contribution in [2.45, 2.75) is 11.3 Å². The van der Waals surface area contributed by atoms with Crippen LogP contribution in [0.15, 0.2) is 71.6 Å². The highest BCUT2D eigenvalue weighted by Gasteiger charge is 2.34. The second-order valence-electron chi connectivity index (χ2n) is 7.35. The van der Waals surface area contributed by atoms with Gasteiger partial charge in [-0.15, -0.1) is 0 Å². The summed E-state index contributed by atoms with van der Waals surface area (Å²) in [5.74, 6) is -0.256. The first kappa shape index (κ1) is 26.0. The van der Waals surface area contributed by atoms with Gasteiger partial charge in [0.1, 0.15) is 18.0 Å². The number of rotatable bonds is 10. The van der Waals surface area contributed by atoms with E-state index in [9.17, 15) is 23.3 Å². The number of methoxy groups -OCH3 is 2. The fraction of sp³-hybridized carbons (Fsp3) is 0.167. The third-order valence-corrected chi connectivity index (χ3v) is 6.90. The van der Waals surface area contributed by atoms with Gasteiger partial charge in [0.05, 0.1) is 37.3 Å². The van der Waals surface area contributed by atoms with Crippen molar-refractivity contribution < 1.29 is 27.6 Å². The zero-order valence-corrected chi connectivity index (χ0v) is 20.2. The number of anilines is 2. The molecular weight excluding hydrogens is 488 g/mol. The van der Waals surface area contributed by atoms with Crippen LogP contribution in [-0.2, 0) is 21.2 Å². The summed E-state index contributed by atoms with van der Waals surface area (Å²) < 4.78 is 38.7. The Bertz CT molecular complexity index is 1420. The van der Waals surface area contributed by atoms with Gasteiger partial charge in [-0.1, -0.05) is 24.3 Å². The summed E-state index contributed by atoms with van der Waals surface area (Å²) in [6, 6.07) is 17.7. The number of hydrogen-bond donors (Lipinski definition) is 1. The molecule has 0 aliphatic rings. The third-order valence-electron chi connectivity index (χ3n) is 5.09. The Kier molecular flexibility index (Phi) is 8.08. The van der Waals surface area contributed by atoms with Crippen molar-refractivity contribution in [1.29, 1.82) is 5.26 Å². The molecule has 0 saturated heterocycles. The van der Waals surface area contributed by atoms with E-state index in [-0.39, 0.29) is 17.9 Å². The SMILES string of the molecule is COc1ccc(N(CC(=O)Nc2ccc(CC#N)cc2)S(=O)(=O)c2ccccc2[N+](=O)[O-])c(OC)c1. The average Bonchev–Trinajstić information content (AvgIpc) is 2.88. The monoisotopic (exact) mass is 510 g/mol. The minimum Gasteiger partial charge on any atom is -0.497 e. The third kappa shape index (κ3) is 5.70. The molecule has 0 bridgehead atoms. The van der Waals surface area contributed by atoms with Crippen LogP contribution in [0.1, 0.15) is 5.56 Å². The summed E-state index contributed by atoms with van der Waals surface area (Å²) in [4.78, 5) is 23.1. The van der Waals surface area contributed by atoms with Gasteiger partial charge in [-0.25, -0.2) is 8.42 Å². The summed E-state index contributed by atoms with van der Waals surface area (Å²) >= 11 is 0. The average molecular weight is 511 g/mol. The fourth-order valence-electron chi connectivity index (χ4n) is 3.36. The topological polar surface area (TPSA) is 152 Å². The molecule has 186 valence electrons. The molecule has 0 fully saturated rings. The van der Waals surface area contributed by atoms with Gasteiger partial charge in [0.2, 0.25) is 5.91 Å². The molecule has 3 aromatic rings. The van der Waals surface area contributed by atoms with Crippen molar-refractivity contribution in [2.75, 3.05) is 30.4 Å². The molecule has 0 spiro atoms. The second kappa shape index (κ2) is 11.2. The number of nitro benzene ring substituents is 1. The van der Waals surface area contributed by atoms with Gasteiger partial charge in [0.15, 0.2) is 4.90 Å². The molecule has 11 nitrogen and oxygen atoms in total. The Morgan fingerprint density at radius 1 is 1.08 bits per heavy atom. The normalized spacial score (nSPS) is 10.7. The van der Waals surface area contributed by atoms with E-state index >= 15 is 0 Å². The van der Waals surface area contributed by atoms with Crippen LogP contribution in [0.25, 0.3) is 0 Å². The molecular formula is C24H22N4O7S. The number of hydrogen-bond acceptors (Lipinski definition) is 8. The number of nitro groups is 1. The number of nitrogens with zero attached hydrogens (tertiary/aromatic N) is 3. The van der Waals surface area contributed by atoms with E-state index in [1.807, 2.05) is 6.07 Å². The molecule has 0 unspecified atom stereocenters. The van der Waals surface area contributed by atoms with Gasteiger partial charge in [0, 0.05) is 17.8 Å². The molecule has 1 N–H and O–H groups in total. The first-order valence-electron chi connectivity index (χ1n) is 10.4. The van der Waals surface area contributed by atoms with Crippen molar-refractivity contribution in [3.8, 4) is 17.6 Å². The lowest BCUT2D eigenvalue weighted by atomic mass is 10.1. The summed E-state index contributed by atoms with van der Waals surface area (Å²) in [6.07, 6.45) is 0.202. The predicted molar refractivity (Wildman–Crippen MR) is 132 cm³/mol. The molecule has 0 radical (unpaired) electrons. The van der Waals surface area contributed by atoms with Gasteiger partial charge in [-0.05, 0) is 35.9 Å². The van der Waals surface area contributed by atoms with Crippen LogP contribution in [0.5, 0.6) is 11.5 Å². The van der Waals surface area contributed by atoms with Crippen LogP contribution in [-0.4, -0.2) is 40.0 Å². The van der Waals surface area contributed by atoms with Crippen molar-refractivity contribution in [3.05, 3.63) is 82.4 Å². The van der Waals surface area contributed by atoms with Crippen LogP contribution in [0.2, 0.25) is 0 Å². The Balaban J connectivity index is 2.05. The zero-order valence-electron chi connectivity index (χ0n) is 19.4. The lowest BCUT2D eigenvalue weighted by Gasteiger charge is -2.25. The van der Waals surface area contributed by atoms with Crippen LogP contribution in [0.4, 0.5) is 17.1 Å². The van der Waals surface area contributed by atoms with Crippen molar-refractivity contribution in [1.82, 2.24) is 0 Å². The smallest absolute Gasteiger partial charge is 0.289 e. The number of benzene rings is 3. The molecule has 0 saturated carbocycles. The highest BCUT2D eigenvalue weighted by molar-refractivity contribution is 7.93. The number of para-hydroxylation sites is 1. The van der Waals surface area contributed by atoms with E-state index in [4.69, 9.17) is 14.7 Å². The molecule has 3 aromatic carbocycles. The van der Waals surface area contributed by atoms with Crippen molar-refractivity contribution >= 4 is 33.0 Å². The molecule has 1 amide bonds. The number of carbonyl (C=O) groups excluding carboxylic acids is 1. The van der Waals surface area contributed by atoms with Gasteiger partial charge < -0.3 is 14.8 Å². The van der Waals surface area contributed by atoms with Crippen LogP contribution in [0, 0.1) is 21.4 Å². The highest BCUT2D eigenvalue weighted by atomic mass is 32.2. The maximum atomic E-state index is 13.7. The van der Waals surface area contributed by atoms with Crippen LogP contribution >= 0.6 is 0 Å².